The van der Waals surface area contributed by atoms with Crippen molar-refractivity contribution in [1.29, 1.82) is 0 Å². The zero-order valence-electron chi connectivity index (χ0n) is 13.9. The number of piperidine rings is 1. The molecular formula is C17H25NO5. The number of anilines is 1. The van der Waals surface area contributed by atoms with Crippen LogP contribution in [0.1, 0.15) is 28.8 Å². The average molecular weight is 323 g/mol. The van der Waals surface area contributed by atoms with Gasteiger partial charge in [-0.05, 0) is 36.6 Å². The van der Waals surface area contributed by atoms with Gasteiger partial charge in [-0.3, -0.25) is 0 Å². The second-order valence-electron chi connectivity index (χ2n) is 5.66. The van der Waals surface area contributed by atoms with E-state index in [4.69, 9.17) is 14.2 Å². The van der Waals surface area contributed by atoms with Crippen LogP contribution < -0.4 is 4.90 Å². The summed E-state index contributed by atoms with van der Waals surface area (Å²) >= 11 is 0. The second-order valence-corrected chi connectivity index (χ2v) is 5.66. The van der Waals surface area contributed by atoms with E-state index in [1.54, 1.807) is 20.3 Å². The van der Waals surface area contributed by atoms with Crippen molar-refractivity contribution in [3.63, 3.8) is 0 Å². The lowest BCUT2D eigenvalue weighted by molar-refractivity contribution is -0.141. The number of rotatable bonds is 6. The van der Waals surface area contributed by atoms with Crippen LogP contribution in [0.2, 0.25) is 0 Å². The Morgan fingerprint density at radius 2 is 1.91 bits per heavy atom. The molecule has 1 aromatic rings. The normalized spacial score (nSPS) is 16.0. The fourth-order valence-electron chi connectivity index (χ4n) is 3.13. The molecule has 0 aromatic heterocycles. The average Bonchev–Trinajstić information content (AvgIpc) is 2.62. The van der Waals surface area contributed by atoms with Crippen LogP contribution in [0.25, 0.3) is 0 Å². The summed E-state index contributed by atoms with van der Waals surface area (Å²) in [7, 11) is 4.67. The Morgan fingerprint density at radius 1 is 1.26 bits per heavy atom. The molecule has 0 radical (unpaired) electrons. The highest BCUT2D eigenvalue weighted by atomic mass is 16.7. The van der Waals surface area contributed by atoms with Gasteiger partial charge in [0.05, 0.1) is 19.3 Å². The summed E-state index contributed by atoms with van der Waals surface area (Å²) in [6, 6.07) is 5.47. The van der Waals surface area contributed by atoms with Crippen molar-refractivity contribution in [2.45, 2.75) is 25.7 Å². The van der Waals surface area contributed by atoms with Crippen LogP contribution >= 0.6 is 0 Å². The molecule has 6 heteroatoms. The summed E-state index contributed by atoms with van der Waals surface area (Å²) in [5, 5.41) is 9.50. The minimum absolute atomic E-state index is 0.160. The van der Waals surface area contributed by atoms with Crippen molar-refractivity contribution in [3.8, 4) is 0 Å². The topological polar surface area (TPSA) is 68.2 Å². The molecule has 0 bridgehead atoms. The first-order valence-corrected chi connectivity index (χ1v) is 7.77. The highest BCUT2D eigenvalue weighted by molar-refractivity contribution is 5.91. The van der Waals surface area contributed by atoms with Crippen LogP contribution in [-0.4, -0.2) is 51.8 Å². The number of aliphatic hydroxyl groups is 1. The first-order chi connectivity index (χ1) is 11.1. The van der Waals surface area contributed by atoms with E-state index >= 15 is 0 Å². The fraction of sp³-hybridized carbons (Fsp3) is 0.588. The van der Waals surface area contributed by atoms with Gasteiger partial charge < -0.3 is 24.2 Å². The van der Waals surface area contributed by atoms with Crippen molar-refractivity contribution in [3.05, 3.63) is 29.3 Å². The number of methoxy groups -OCH3 is 3. The van der Waals surface area contributed by atoms with E-state index in [9.17, 15) is 9.90 Å². The number of carbonyl (C=O) groups is 1. The van der Waals surface area contributed by atoms with Crippen molar-refractivity contribution in [1.82, 2.24) is 0 Å². The zero-order valence-corrected chi connectivity index (χ0v) is 13.9. The van der Waals surface area contributed by atoms with Crippen molar-refractivity contribution >= 4 is 11.7 Å². The number of ether oxygens (including phenoxy) is 3. The van der Waals surface area contributed by atoms with Gasteiger partial charge in [0.2, 0.25) is 0 Å². The van der Waals surface area contributed by atoms with Gasteiger partial charge >= 0.3 is 5.97 Å². The van der Waals surface area contributed by atoms with Crippen molar-refractivity contribution in [2.75, 3.05) is 39.3 Å². The van der Waals surface area contributed by atoms with E-state index in [1.807, 2.05) is 12.1 Å². The van der Waals surface area contributed by atoms with Crippen molar-refractivity contribution < 1.29 is 24.1 Å². The van der Waals surface area contributed by atoms with E-state index < -0.39 is 5.97 Å². The van der Waals surface area contributed by atoms with Gasteiger partial charge in [-0.25, -0.2) is 4.79 Å². The largest absolute Gasteiger partial charge is 0.465 e. The molecule has 1 aliphatic rings. The molecule has 0 saturated carbocycles. The number of hydrogen-bond acceptors (Lipinski definition) is 6. The Hall–Kier alpha value is -1.63. The fourth-order valence-corrected chi connectivity index (χ4v) is 3.13. The third-order valence-electron chi connectivity index (χ3n) is 4.42. The maximum atomic E-state index is 11.7. The molecule has 0 atom stereocenters. The molecule has 23 heavy (non-hydrogen) atoms. The van der Waals surface area contributed by atoms with Gasteiger partial charge in [0, 0.05) is 38.9 Å². The molecule has 0 unspecified atom stereocenters. The van der Waals surface area contributed by atoms with Crippen LogP contribution in [0.4, 0.5) is 5.69 Å². The van der Waals surface area contributed by atoms with E-state index in [2.05, 4.69) is 4.90 Å². The van der Waals surface area contributed by atoms with E-state index in [0.29, 0.717) is 17.0 Å². The molecule has 0 spiro atoms. The van der Waals surface area contributed by atoms with E-state index in [-0.39, 0.29) is 12.9 Å². The molecule has 1 aromatic carbocycles. The molecule has 1 heterocycles. The Labute approximate surface area is 136 Å². The van der Waals surface area contributed by atoms with Crippen LogP contribution in [0.5, 0.6) is 0 Å². The predicted molar refractivity (Wildman–Crippen MR) is 86.4 cm³/mol. The minimum atomic E-state index is -0.428. The summed E-state index contributed by atoms with van der Waals surface area (Å²) in [5.41, 5.74) is 2.00. The minimum Gasteiger partial charge on any atom is -0.465 e. The lowest BCUT2D eigenvalue weighted by Crippen LogP contribution is -2.39. The highest BCUT2D eigenvalue weighted by Crippen LogP contribution is 2.28. The van der Waals surface area contributed by atoms with Gasteiger partial charge in [0.25, 0.3) is 0 Å². The maximum absolute atomic E-state index is 11.7. The Bertz CT molecular complexity index is 522. The predicted octanol–water partition coefficient (Wildman–Crippen LogP) is 1.80. The van der Waals surface area contributed by atoms with Crippen LogP contribution in [0.15, 0.2) is 18.2 Å². The smallest absolute Gasteiger partial charge is 0.338 e. The summed E-state index contributed by atoms with van der Waals surface area (Å²) in [6.45, 7) is 1.58. The lowest BCUT2D eigenvalue weighted by Gasteiger charge is -2.36. The molecule has 2 rings (SSSR count). The molecule has 0 amide bonds. The van der Waals surface area contributed by atoms with Gasteiger partial charge in [0.15, 0.2) is 6.29 Å². The molecular weight excluding hydrogens is 298 g/mol. The molecule has 1 fully saturated rings. The first kappa shape index (κ1) is 17.7. The number of nitrogens with zero attached hydrogens (tertiary/aromatic N) is 1. The third kappa shape index (κ3) is 4.02. The van der Waals surface area contributed by atoms with Gasteiger partial charge in [-0.15, -0.1) is 0 Å². The summed E-state index contributed by atoms with van der Waals surface area (Å²) in [4.78, 5) is 13.9. The third-order valence-corrected chi connectivity index (χ3v) is 4.42. The SMILES string of the molecule is COC(=O)c1ccc(N2CCC(C(OC)OC)CC2)cc1CO. The molecule has 128 valence electrons. The number of benzene rings is 1. The van der Waals surface area contributed by atoms with Gasteiger partial charge in [-0.2, -0.15) is 0 Å². The molecule has 1 N–H and O–H groups in total. The highest BCUT2D eigenvalue weighted by Gasteiger charge is 2.27. The molecule has 1 saturated heterocycles. The summed E-state index contributed by atoms with van der Waals surface area (Å²) < 4.78 is 15.4. The first-order valence-electron chi connectivity index (χ1n) is 7.77. The number of carbonyl (C=O) groups excluding carboxylic acids is 1. The number of aliphatic hydroxyl groups excluding tert-OH is 1. The molecule has 0 aliphatic carbocycles. The van der Waals surface area contributed by atoms with Gasteiger partial charge in [0.1, 0.15) is 0 Å². The lowest BCUT2D eigenvalue weighted by atomic mass is 9.95. The second kappa shape index (κ2) is 8.29. The summed E-state index contributed by atoms with van der Waals surface area (Å²) in [5.74, 6) is -0.0461. The Kier molecular flexibility index (Phi) is 6.38. The van der Waals surface area contributed by atoms with E-state index in [0.717, 1.165) is 31.6 Å². The van der Waals surface area contributed by atoms with Crippen LogP contribution in [0, 0.1) is 5.92 Å². The number of esters is 1. The Morgan fingerprint density at radius 3 is 2.43 bits per heavy atom. The zero-order chi connectivity index (χ0) is 16.8. The standard InChI is InChI=1S/C17H25NO5/c1-21-16(20)15-5-4-14(10-13(15)11-19)18-8-6-12(7-9-18)17(22-2)23-3/h4-5,10,12,17,19H,6-9,11H2,1-3H3. The van der Waals surface area contributed by atoms with Crippen LogP contribution in [-0.2, 0) is 20.8 Å². The monoisotopic (exact) mass is 323 g/mol. The molecule has 6 nitrogen and oxygen atoms in total. The van der Waals surface area contributed by atoms with Crippen LogP contribution in [0.3, 0.4) is 0 Å². The van der Waals surface area contributed by atoms with Crippen molar-refractivity contribution in [2.24, 2.45) is 5.92 Å². The quantitative estimate of drug-likeness (QED) is 0.636. The number of hydrogen-bond donors (Lipinski definition) is 1. The molecule has 1 aliphatic heterocycles. The van der Waals surface area contributed by atoms with Gasteiger partial charge in [-0.1, -0.05) is 0 Å². The summed E-state index contributed by atoms with van der Waals surface area (Å²) in [6.07, 6.45) is 1.78. The van der Waals surface area contributed by atoms with E-state index in [1.165, 1.54) is 7.11 Å². The Balaban J connectivity index is 2.08. The maximum Gasteiger partial charge on any atom is 0.338 e.